The summed E-state index contributed by atoms with van der Waals surface area (Å²) in [5, 5.41) is 12.7. The van der Waals surface area contributed by atoms with Gasteiger partial charge in [0.25, 0.3) is 5.56 Å². The highest BCUT2D eigenvalue weighted by molar-refractivity contribution is 7.90. The standard InChI is InChI=1S/C19H23FN4O5S/c1-19(2)18-22-13(16(26)17(27)24(18)10-23(19)3)8-15(25)21-9-11-5-6-12(20)7-14(11)30(4,28)29/h5-7,26H,8-10H2,1-4H3,(H,21,25). The maximum atomic E-state index is 13.4. The summed E-state index contributed by atoms with van der Waals surface area (Å²) in [6, 6.07) is 3.27. The number of nitrogens with zero attached hydrogens (tertiary/aromatic N) is 3. The number of carbonyl (C=O) groups is 1. The van der Waals surface area contributed by atoms with E-state index in [1.807, 2.05) is 25.8 Å². The summed E-state index contributed by atoms with van der Waals surface area (Å²) in [4.78, 5) is 30.9. The van der Waals surface area contributed by atoms with E-state index in [9.17, 15) is 27.5 Å². The van der Waals surface area contributed by atoms with Crippen molar-refractivity contribution in [2.24, 2.45) is 0 Å². The second kappa shape index (κ2) is 7.47. The third kappa shape index (κ3) is 3.94. The van der Waals surface area contributed by atoms with Gasteiger partial charge in [0, 0.05) is 12.8 Å². The Hall–Kier alpha value is -2.79. The van der Waals surface area contributed by atoms with Crippen molar-refractivity contribution in [2.75, 3.05) is 13.3 Å². The van der Waals surface area contributed by atoms with Crippen LogP contribution in [0.25, 0.3) is 0 Å². The van der Waals surface area contributed by atoms with Crippen molar-refractivity contribution < 1.29 is 22.7 Å². The van der Waals surface area contributed by atoms with Crippen LogP contribution in [-0.4, -0.2) is 47.2 Å². The quantitative estimate of drug-likeness (QED) is 0.697. The third-order valence-electron chi connectivity index (χ3n) is 5.31. The van der Waals surface area contributed by atoms with Gasteiger partial charge in [-0.2, -0.15) is 0 Å². The van der Waals surface area contributed by atoms with Gasteiger partial charge in [0.05, 0.1) is 29.2 Å². The molecular weight excluding hydrogens is 415 g/mol. The highest BCUT2D eigenvalue weighted by Gasteiger charge is 2.38. The Morgan fingerprint density at radius 3 is 2.67 bits per heavy atom. The predicted molar refractivity (Wildman–Crippen MR) is 106 cm³/mol. The van der Waals surface area contributed by atoms with E-state index in [0.29, 0.717) is 5.82 Å². The fourth-order valence-corrected chi connectivity index (χ4v) is 4.24. The fraction of sp³-hybridized carbons (Fsp3) is 0.421. The van der Waals surface area contributed by atoms with Gasteiger partial charge in [-0.15, -0.1) is 0 Å². The minimum Gasteiger partial charge on any atom is -0.502 e. The molecule has 162 valence electrons. The Morgan fingerprint density at radius 1 is 1.37 bits per heavy atom. The van der Waals surface area contributed by atoms with Crippen molar-refractivity contribution in [3.63, 3.8) is 0 Å². The van der Waals surface area contributed by atoms with E-state index in [0.717, 1.165) is 18.4 Å². The number of fused-ring (bicyclic) bond motifs is 1. The Kier molecular flexibility index (Phi) is 5.46. The van der Waals surface area contributed by atoms with Crippen LogP contribution in [0.1, 0.15) is 30.9 Å². The number of halogens is 1. The van der Waals surface area contributed by atoms with E-state index in [1.54, 1.807) is 0 Å². The van der Waals surface area contributed by atoms with Gasteiger partial charge in [-0.05, 0) is 38.6 Å². The molecule has 1 aliphatic rings. The molecule has 2 N–H and O–H groups in total. The van der Waals surface area contributed by atoms with Crippen molar-refractivity contribution in [1.29, 1.82) is 0 Å². The van der Waals surface area contributed by atoms with E-state index in [2.05, 4.69) is 10.3 Å². The van der Waals surface area contributed by atoms with Gasteiger partial charge in [-0.25, -0.2) is 17.8 Å². The lowest BCUT2D eigenvalue weighted by atomic mass is 10.0. The number of nitrogens with one attached hydrogen (secondary N) is 1. The zero-order chi connectivity index (χ0) is 22.4. The minimum absolute atomic E-state index is 0.0606. The van der Waals surface area contributed by atoms with Crippen LogP contribution in [-0.2, 0) is 39.8 Å². The van der Waals surface area contributed by atoms with Crippen LogP contribution >= 0.6 is 0 Å². The summed E-state index contributed by atoms with van der Waals surface area (Å²) < 4.78 is 38.5. The van der Waals surface area contributed by atoms with E-state index in [1.165, 1.54) is 10.6 Å². The Balaban J connectivity index is 1.82. The number of benzene rings is 1. The van der Waals surface area contributed by atoms with Crippen LogP contribution in [0.4, 0.5) is 4.39 Å². The molecule has 1 aliphatic heterocycles. The van der Waals surface area contributed by atoms with Gasteiger partial charge in [0.2, 0.25) is 11.7 Å². The van der Waals surface area contributed by atoms with Gasteiger partial charge < -0.3 is 10.4 Å². The van der Waals surface area contributed by atoms with Crippen molar-refractivity contribution in [1.82, 2.24) is 19.8 Å². The Labute approximate surface area is 173 Å². The highest BCUT2D eigenvalue weighted by Crippen LogP contribution is 2.31. The van der Waals surface area contributed by atoms with E-state index < -0.39 is 38.4 Å². The number of carbonyl (C=O) groups excluding carboxylic acids is 1. The molecular formula is C19H23FN4O5S. The summed E-state index contributed by atoms with van der Waals surface area (Å²) in [5.74, 6) is -1.44. The molecule has 0 unspecified atom stereocenters. The normalized spacial score (nSPS) is 15.8. The number of aromatic hydroxyl groups is 1. The SMILES string of the molecule is CN1Cn2c(nc(CC(=O)NCc3ccc(F)cc3S(C)(=O)=O)c(O)c2=O)C1(C)C. The number of hydrogen-bond donors (Lipinski definition) is 2. The molecule has 0 bridgehead atoms. The van der Waals surface area contributed by atoms with E-state index in [-0.39, 0.29) is 35.8 Å². The Morgan fingerprint density at radius 2 is 2.03 bits per heavy atom. The second-order valence-electron chi connectivity index (χ2n) is 7.84. The molecule has 2 aromatic rings. The van der Waals surface area contributed by atoms with Crippen LogP contribution in [0, 0.1) is 5.82 Å². The minimum atomic E-state index is -3.69. The van der Waals surface area contributed by atoms with E-state index in [4.69, 9.17) is 0 Å². The van der Waals surface area contributed by atoms with Gasteiger partial charge in [-0.1, -0.05) is 6.07 Å². The summed E-state index contributed by atoms with van der Waals surface area (Å²) in [6.45, 7) is 3.86. The van der Waals surface area contributed by atoms with Crippen LogP contribution < -0.4 is 10.9 Å². The molecule has 11 heteroatoms. The van der Waals surface area contributed by atoms with Crippen LogP contribution in [0.2, 0.25) is 0 Å². The summed E-state index contributed by atoms with van der Waals surface area (Å²) in [6.07, 6.45) is 0.579. The zero-order valence-corrected chi connectivity index (χ0v) is 17.9. The topological polar surface area (TPSA) is 122 Å². The molecule has 0 radical (unpaired) electrons. The van der Waals surface area contributed by atoms with Crippen LogP contribution in [0.3, 0.4) is 0 Å². The summed E-state index contributed by atoms with van der Waals surface area (Å²) in [7, 11) is -1.87. The second-order valence-corrected chi connectivity index (χ2v) is 9.82. The van der Waals surface area contributed by atoms with Gasteiger partial charge >= 0.3 is 0 Å². The third-order valence-corrected chi connectivity index (χ3v) is 6.48. The first-order valence-corrected chi connectivity index (χ1v) is 11.0. The Bertz CT molecular complexity index is 1190. The lowest BCUT2D eigenvalue weighted by molar-refractivity contribution is -0.120. The van der Waals surface area contributed by atoms with Crippen molar-refractivity contribution in [3.05, 3.63) is 51.5 Å². The zero-order valence-electron chi connectivity index (χ0n) is 17.1. The number of rotatable bonds is 5. The maximum Gasteiger partial charge on any atom is 0.297 e. The number of aromatic nitrogens is 2. The summed E-state index contributed by atoms with van der Waals surface area (Å²) in [5.41, 5.74) is -1.02. The molecule has 0 saturated carbocycles. The molecule has 2 heterocycles. The fourth-order valence-electron chi connectivity index (χ4n) is 3.30. The largest absolute Gasteiger partial charge is 0.502 e. The molecule has 0 aliphatic carbocycles. The average molecular weight is 438 g/mol. The molecule has 9 nitrogen and oxygen atoms in total. The van der Waals surface area contributed by atoms with Crippen LogP contribution in [0.15, 0.2) is 27.9 Å². The molecule has 1 amide bonds. The lowest BCUT2D eigenvalue weighted by Crippen LogP contribution is -2.33. The first kappa shape index (κ1) is 21.9. The first-order valence-electron chi connectivity index (χ1n) is 9.12. The average Bonchev–Trinajstić information content (AvgIpc) is 2.87. The summed E-state index contributed by atoms with van der Waals surface area (Å²) >= 11 is 0. The molecule has 0 spiro atoms. The molecule has 0 saturated heterocycles. The molecule has 0 atom stereocenters. The number of amides is 1. The van der Waals surface area contributed by atoms with Crippen LogP contribution in [0.5, 0.6) is 5.75 Å². The molecule has 3 rings (SSSR count). The first-order chi connectivity index (χ1) is 13.8. The van der Waals surface area contributed by atoms with E-state index >= 15 is 0 Å². The van der Waals surface area contributed by atoms with Gasteiger partial charge in [0.1, 0.15) is 11.6 Å². The molecule has 30 heavy (non-hydrogen) atoms. The number of sulfone groups is 1. The monoisotopic (exact) mass is 438 g/mol. The maximum absolute atomic E-state index is 13.4. The predicted octanol–water partition coefficient (Wildman–Crippen LogP) is 0.488. The molecule has 1 aromatic heterocycles. The number of hydrogen-bond acceptors (Lipinski definition) is 7. The van der Waals surface area contributed by atoms with Crippen molar-refractivity contribution in [2.45, 2.75) is 43.9 Å². The lowest BCUT2D eigenvalue weighted by Gasteiger charge is -2.25. The van der Waals surface area contributed by atoms with Crippen molar-refractivity contribution in [3.8, 4) is 5.75 Å². The highest BCUT2D eigenvalue weighted by atomic mass is 32.2. The smallest absolute Gasteiger partial charge is 0.297 e. The van der Waals surface area contributed by atoms with Gasteiger partial charge in [0.15, 0.2) is 9.84 Å². The van der Waals surface area contributed by atoms with Crippen molar-refractivity contribution >= 4 is 15.7 Å². The molecule has 1 aromatic carbocycles. The van der Waals surface area contributed by atoms with Gasteiger partial charge in [-0.3, -0.25) is 19.1 Å². The molecule has 0 fully saturated rings.